The molecular weight excluding hydrogens is 421 g/mol. The van der Waals surface area contributed by atoms with E-state index < -0.39 is 0 Å². The van der Waals surface area contributed by atoms with E-state index in [0.29, 0.717) is 23.1 Å². The standard InChI is InChI=1S/C14H16Br2ClN3O/c1-3-11-13(17)12(20(4-2)19-11)7-21-14-9(15)5-8(18)6-10(14)16/h5-6H,3-4,7,18H2,1-2H3. The Morgan fingerprint density at radius 2 is 1.90 bits per heavy atom. The first-order valence-electron chi connectivity index (χ1n) is 6.59. The number of nitrogens with zero attached hydrogens (tertiary/aromatic N) is 2. The van der Waals surface area contributed by atoms with Gasteiger partial charge in [-0.1, -0.05) is 18.5 Å². The van der Waals surface area contributed by atoms with E-state index in [0.717, 1.165) is 33.3 Å². The van der Waals surface area contributed by atoms with Crippen molar-refractivity contribution in [1.82, 2.24) is 9.78 Å². The van der Waals surface area contributed by atoms with Crippen LogP contribution in [0.15, 0.2) is 21.1 Å². The van der Waals surface area contributed by atoms with Crippen molar-refractivity contribution < 1.29 is 4.74 Å². The number of halogens is 3. The minimum Gasteiger partial charge on any atom is -0.485 e. The molecule has 0 unspecified atom stereocenters. The zero-order valence-corrected chi connectivity index (χ0v) is 15.7. The lowest BCUT2D eigenvalue weighted by Gasteiger charge is -2.12. The van der Waals surface area contributed by atoms with Crippen molar-refractivity contribution in [3.8, 4) is 5.75 Å². The SMILES string of the molecule is CCc1nn(CC)c(COc2c(Br)cc(N)cc2Br)c1Cl. The third kappa shape index (κ3) is 3.55. The molecule has 0 bridgehead atoms. The molecule has 114 valence electrons. The highest BCUT2D eigenvalue weighted by Gasteiger charge is 2.16. The van der Waals surface area contributed by atoms with Crippen molar-refractivity contribution >= 4 is 49.1 Å². The van der Waals surface area contributed by atoms with E-state index >= 15 is 0 Å². The van der Waals surface area contributed by atoms with Crippen molar-refractivity contribution in [1.29, 1.82) is 0 Å². The maximum Gasteiger partial charge on any atom is 0.148 e. The van der Waals surface area contributed by atoms with E-state index in [4.69, 9.17) is 22.1 Å². The Bertz CT molecular complexity index is 635. The number of nitrogen functional groups attached to an aromatic ring is 1. The molecule has 0 saturated carbocycles. The number of hydrogen-bond acceptors (Lipinski definition) is 3. The second kappa shape index (κ2) is 7.03. The van der Waals surface area contributed by atoms with E-state index in [1.165, 1.54) is 0 Å². The van der Waals surface area contributed by atoms with Gasteiger partial charge in [-0.3, -0.25) is 4.68 Å². The van der Waals surface area contributed by atoms with Crippen LogP contribution in [0.25, 0.3) is 0 Å². The Morgan fingerprint density at radius 3 is 2.43 bits per heavy atom. The molecule has 2 rings (SSSR count). The second-order valence-electron chi connectivity index (χ2n) is 4.48. The minimum absolute atomic E-state index is 0.348. The Balaban J connectivity index is 2.26. The van der Waals surface area contributed by atoms with Crippen LogP contribution >= 0.6 is 43.5 Å². The van der Waals surface area contributed by atoms with Gasteiger partial charge in [-0.05, 0) is 57.3 Å². The van der Waals surface area contributed by atoms with Crippen molar-refractivity contribution in [3.63, 3.8) is 0 Å². The van der Waals surface area contributed by atoms with Gasteiger partial charge in [-0.15, -0.1) is 0 Å². The number of aryl methyl sites for hydroxylation is 2. The van der Waals surface area contributed by atoms with Gasteiger partial charge in [0.15, 0.2) is 0 Å². The van der Waals surface area contributed by atoms with E-state index in [-0.39, 0.29) is 0 Å². The fourth-order valence-electron chi connectivity index (χ4n) is 2.01. The summed E-state index contributed by atoms with van der Waals surface area (Å²) in [5.41, 5.74) is 8.21. The number of aromatic nitrogens is 2. The van der Waals surface area contributed by atoms with Gasteiger partial charge in [-0.25, -0.2) is 0 Å². The zero-order valence-electron chi connectivity index (χ0n) is 11.8. The van der Waals surface area contributed by atoms with Crippen LogP contribution in [0.5, 0.6) is 5.75 Å². The Labute approximate surface area is 145 Å². The molecule has 2 aromatic rings. The van der Waals surface area contributed by atoms with Gasteiger partial charge in [0.1, 0.15) is 12.4 Å². The number of ether oxygens (including phenoxy) is 1. The summed E-state index contributed by atoms with van der Waals surface area (Å²) < 4.78 is 9.36. The van der Waals surface area contributed by atoms with E-state index in [2.05, 4.69) is 37.0 Å². The molecule has 0 radical (unpaired) electrons. The lowest BCUT2D eigenvalue weighted by Crippen LogP contribution is -2.07. The van der Waals surface area contributed by atoms with Crippen LogP contribution in [0.3, 0.4) is 0 Å². The molecule has 1 heterocycles. The highest BCUT2D eigenvalue weighted by molar-refractivity contribution is 9.11. The van der Waals surface area contributed by atoms with Crippen LogP contribution in [0, 0.1) is 0 Å². The molecule has 0 spiro atoms. The van der Waals surface area contributed by atoms with Gasteiger partial charge in [0.2, 0.25) is 0 Å². The first kappa shape index (κ1) is 16.6. The van der Waals surface area contributed by atoms with Crippen LogP contribution in [-0.2, 0) is 19.6 Å². The van der Waals surface area contributed by atoms with Crippen LogP contribution < -0.4 is 10.5 Å². The van der Waals surface area contributed by atoms with Crippen LogP contribution in [0.1, 0.15) is 25.2 Å². The van der Waals surface area contributed by atoms with Crippen LogP contribution in [0.2, 0.25) is 5.02 Å². The molecule has 4 nitrogen and oxygen atoms in total. The second-order valence-corrected chi connectivity index (χ2v) is 6.57. The summed E-state index contributed by atoms with van der Waals surface area (Å²) in [6.07, 6.45) is 0.800. The summed E-state index contributed by atoms with van der Waals surface area (Å²) in [6, 6.07) is 3.60. The molecule has 7 heteroatoms. The molecule has 1 aromatic heterocycles. The number of anilines is 1. The van der Waals surface area contributed by atoms with Gasteiger partial charge in [0.25, 0.3) is 0 Å². The van der Waals surface area contributed by atoms with Gasteiger partial charge in [0.05, 0.1) is 25.4 Å². The van der Waals surface area contributed by atoms with Crippen molar-refractivity contribution in [2.45, 2.75) is 33.4 Å². The van der Waals surface area contributed by atoms with E-state index in [1.807, 2.05) is 18.5 Å². The minimum atomic E-state index is 0.348. The summed E-state index contributed by atoms with van der Waals surface area (Å²) in [6.45, 7) is 5.16. The Hall–Kier alpha value is -0.720. The number of benzene rings is 1. The maximum absolute atomic E-state index is 6.37. The molecule has 0 amide bonds. The quantitative estimate of drug-likeness (QED) is 0.684. The molecule has 0 aliphatic rings. The first-order chi connectivity index (χ1) is 9.97. The van der Waals surface area contributed by atoms with Gasteiger partial charge in [0, 0.05) is 12.2 Å². The summed E-state index contributed by atoms with van der Waals surface area (Å²) in [7, 11) is 0. The maximum atomic E-state index is 6.37. The summed E-state index contributed by atoms with van der Waals surface area (Å²) in [4.78, 5) is 0. The average Bonchev–Trinajstić information content (AvgIpc) is 2.73. The average molecular weight is 438 g/mol. The first-order valence-corrected chi connectivity index (χ1v) is 8.55. The highest BCUT2D eigenvalue weighted by atomic mass is 79.9. The topological polar surface area (TPSA) is 53.1 Å². The third-order valence-corrected chi connectivity index (χ3v) is 4.68. The summed E-state index contributed by atoms with van der Waals surface area (Å²) >= 11 is 13.3. The van der Waals surface area contributed by atoms with Crippen molar-refractivity contribution in [2.75, 3.05) is 5.73 Å². The lowest BCUT2D eigenvalue weighted by atomic mass is 10.3. The largest absolute Gasteiger partial charge is 0.485 e. The predicted octanol–water partition coefficient (Wildman–Crippen LogP) is 4.81. The normalized spacial score (nSPS) is 10.9. The summed E-state index contributed by atoms with van der Waals surface area (Å²) in [5.74, 6) is 0.696. The molecule has 21 heavy (non-hydrogen) atoms. The molecule has 0 atom stereocenters. The number of rotatable bonds is 5. The van der Waals surface area contributed by atoms with E-state index in [9.17, 15) is 0 Å². The van der Waals surface area contributed by atoms with Gasteiger partial charge >= 0.3 is 0 Å². The molecule has 0 aliphatic heterocycles. The molecule has 2 N–H and O–H groups in total. The molecule has 1 aromatic carbocycles. The fourth-order valence-corrected chi connectivity index (χ4v) is 3.79. The molecule has 0 saturated heterocycles. The van der Waals surface area contributed by atoms with Crippen LogP contribution in [0.4, 0.5) is 5.69 Å². The lowest BCUT2D eigenvalue weighted by molar-refractivity contribution is 0.289. The van der Waals surface area contributed by atoms with Crippen molar-refractivity contribution in [3.05, 3.63) is 37.5 Å². The fraction of sp³-hybridized carbons (Fsp3) is 0.357. The third-order valence-electron chi connectivity index (χ3n) is 3.07. The molecule has 0 fully saturated rings. The number of nitrogens with two attached hydrogens (primary N) is 1. The van der Waals surface area contributed by atoms with Crippen molar-refractivity contribution in [2.24, 2.45) is 0 Å². The smallest absolute Gasteiger partial charge is 0.148 e. The number of hydrogen-bond donors (Lipinski definition) is 1. The monoisotopic (exact) mass is 435 g/mol. The van der Waals surface area contributed by atoms with Gasteiger partial charge < -0.3 is 10.5 Å². The van der Waals surface area contributed by atoms with Crippen LogP contribution in [-0.4, -0.2) is 9.78 Å². The Kier molecular flexibility index (Phi) is 5.57. The highest BCUT2D eigenvalue weighted by Crippen LogP contribution is 2.36. The molecular formula is C14H16Br2ClN3O. The Morgan fingerprint density at radius 1 is 1.29 bits per heavy atom. The molecule has 0 aliphatic carbocycles. The predicted molar refractivity (Wildman–Crippen MR) is 92.9 cm³/mol. The zero-order chi connectivity index (χ0) is 15.6. The van der Waals surface area contributed by atoms with Gasteiger partial charge in [-0.2, -0.15) is 5.10 Å². The van der Waals surface area contributed by atoms with E-state index in [1.54, 1.807) is 12.1 Å². The summed E-state index contributed by atoms with van der Waals surface area (Å²) in [5, 5.41) is 5.16.